The molecule has 4 rings (SSSR count). The Kier molecular flexibility index (Phi) is 4.74. The van der Waals surface area contributed by atoms with E-state index < -0.39 is 45.2 Å². The van der Waals surface area contributed by atoms with Crippen LogP contribution in [0, 0.1) is 5.82 Å². The minimum atomic E-state index is -3.36. The number of hydrogen-bond donors (Lipinski definition) is 1. The van der Waals surface area contributed by atoms with Gasteiger partial charge in [0.1, 0.15) is 11.6 Å². The Morgan fingerprint density at radius 1 is 1.03 bits per heavy atom. The molecule has 0 aliphatic carbocycles. The molecule has 1 amide bonds. The molecule has 2 saturated heterocycles. The highest BCUT2D eigenvalue weighted by Gasteiger charge is 2.51. The molecule has 0 saturated carbocycles. The van der Waals surface area contributed by atoms with Crippen molar-refractivity contribution in [3.63, 3.8) is 0 Å². The zero-order valence-electron chi connectivity index (χ0n) is 15.3. The number of rotatable bonds is 3. The number of aliphatic hydroxyl groups is 1. The van der Waals surface area contributed by atoms with Crippen LogP contribution >= 0.6 is 0 Å². The number of halogens is 1. The lowest BCUT2D eigenvalue weighted by Gasteiger charge is -2.30. The van der Waals surface area contributed by atoms with Gasteiger partial charge in [-0.2, -0.15) is 0 Å². The van der Waals surface area contributed by atoms with Crippen LogP contribution in [0.4, 0.5) is 4.39 Å². The highest BCUT2D eigenvalue weighted by molar-refractivity contribution is 7.91. The van der Waals surface area contributed by atoms with Gasteiger partial charge in [-0.25, -0.2) is 12.8 Å². The van der Waals surface area contributed by atoms with Crippen molar-refractivity contribution in [2.24, 2.45) is 0 Å². The topological polar surface area (TPSA) is 91.8 Å². The van der Waals surface area contributed by atoms with Crippen molar-refractivity contribution in [1.29, 1.82) is 0 Å². The fraction of sp³-hybridized carbons (Fsp3) is 0.238. The van der Waals surface area contributed by atoms with Gasteiger partial charge in [0.2, 0.25) is 0 Å². The second-order valence-electron chi connectivity index (χ2n) is 7.15. The van der Waals surface area contributed by atoms with Crippen molar-refractivity contribution < 1.29 is 27.5 Å². The molecule has 6 nitrogen and oxygen atoms in total. The summed E-state index contributed by atoms with van der Waals surface area (Å²) in [6, 6.07) is 11.9. The molecule has 2 aliphatic heterocycles. The maximum Gasteiger partial charge on any atom is 0.295 e. The maximum atomic E-state index is 14.7. The lowest BCUT2D eigenvalue weighted by Crippen LogP contribution is -2.40. The summed E-state index contributed by atoms with van der Waals surface area (Å²) in [5.74, 6) is -3.36. The van der Waals surface area contributed by atoms with Gasteiger partial charge < -0.3 is 10.0 Å². The van der Waals surface area contributed by atoms with E-state index in [9.17, 15) is 27.5 Å². The van der Waals surface area contributed by atoms with Crippen LogP contribution in [-0.4, -0.2) is 47.7 Å². The van der Waals surface area contributed by atoms with Crippen LogP contribution < -0.4 is 0 Å². The lowest BCUT2D eigenvalue weighted by atomic mass is 9.94. The van der Waals surface area contributed by atoms with Crippen LogP contribution in [0.25, 0.3) is 5.76 Å². The minimum absolute atomic E-state index is 0.0356. The number of amides is 1. The van der Waals surface area contributed by atoms with Gasteiger partial charge in [0.25, 0.3) is 11.7 Å². The van der Waals surface area contributed by atoms with Gasteiger partial charge in [0.15, 0.2) is 9.84 Å². The highest BCUT2D eigenvalue weighted by Crippen LogP contribution is 2.42. The van der Waals surface area contributed by atoms with Gasteiger partial charge >= 0.3 is 0 Å². The van der Waals surface area contributed by atoms with Crippen LogP contribution in [-0.2, 0) is 19.4 Å². The molecular formula is C21H18FNO5S. The number of benzene rings is 2. The molecule has 1 N–H and O–H groups in total. The molecule has 0 bridgehead atoms. The monoisotopic (exact) mass is 415 g/mol. The first-order valence-corrected chi connectivity index (χ1v) is 10.9. The summed E-state index contributed by atoms with van der Waals surface area (Å²) in [5, 5.41) is 10.8. The lowest BCUT2D eigenvalue weighted by molar-refractivity contribution is -0.141. The fourth-order valence-corrected chi connectivity index (χ4v) is 5.69. The van der Waals surface area contributed by atoms with Crippen LogP contribution in [0.2, 0.25) is 0 Å². The predicted octanol–water partition coefficient (Wildman–Crippen LogP) is 2.43. The van der Waals surface area contributed by atoms with E-state index in [0.29, 0.717) is 5.56 Å². The average molecular weight is 415 g/mol. The Balaban J connectivity index is 1.92. The van der Waals surface area contributed by atoms with Crippen LogP contribution in [0.15, 0.2) is 60.2 Å². The molecule has 2 fully saturated rings. The number of aliphatic hydroxyl groups excluding tert-OH is 1. The average Bonchev–Trinajstić information content (AvgIpc) is 3.19. The molecule has 8 heteroatoms. The highest BCUT2D eigenvalue weighted by atomic mass is 32.2. The van der Waals surface area contributed by atoms with Crippen molar-refractivity contribution in [1.82, 2.24) is 4.90 Å². The Hall–Kier alpha value is -3.00. The normalized spacial score (nSPS) is 25.5. The van der Waals surface area contributed by atoms with Crippen molar-refractivity contribution in [2.45, 2.75) is 18.5 Å². The molecule has 0 spiro atoms. The van der Waals surface area contributed by atoms with Crippen molar-refractivity contribution in [3.8, 4) is 0 Å². The molecule has 2 unspecified atom stereocenters. The van der Waals surface area contributed by atoms with Gasteiger partial charge in [-0.15, -0.1) is 0 Å². The summed E-state index contributed by atoms with van der Waals surface area (Å²) >= 11 is 0. The van der Waals surface area contributed by atoms with Crippen LogP contribution in [0.1, 0.15) is 23.6 Å². The van der Waals surface area contributed by atoms with E-state index >= 15 is 0 Å². The number of likely N-dealkylation sites (tertiary alicyclic amines) is 1. The second kappa shape index (κ2) is 7.11. The van der Waals surface area contributed by atoms with Crippen LogP contribution in [0.5, 0.6) is 0 Å². The smallest absolute Gasteiger partial charge is 0.295 e. The Labute approximate surface area is 167 Å². The summed E-state index contributed by atoms with van der Waals surface area (Å²) in [5.41, 5.74) is 0.106. The summed E-state index contributed by atoms with van der Waals surface area (Å²) < 4.78 is 38.6. The van der Waals surface area contributed by atoms with Gasteiger partial charge in [-0.3, -0.25) is 9.59 Å². The van der Waals surface area contributed by atoms with Gasteiger partial charge in [-0.05, 0) is 12.5 Å². The van der Waals surface area contributed by atoms with E-state index in [1.54, 1.807) is 36.4 Å². The number of carbonyl (C=O) groups is 2. The molecule has 150 valence electrons. The third-order valence-electron chi connectivity index (χ3n) is 5.33. The first-order valence-electron chi connectivity index (χ1n) is 9.10. The number of nitrogens with zero attached hydrogens (tertiary/aromatic N) is 1. The number of carbonyl (C=O) groups excluding carboxylic acids is 2. The quantitative estimate of drug-likeness (QED) is 0.472. The van der Waals surface area contributed by atoms with E-state index in [1.165, 1.54) is 18.2 Å². The third kappa shape index (κ3) is 3.33. The first kappa shape index (κ1) is 19.3. The second-order valence-corrected chi connectivity index (χ2v) is 9.38. The van der Waals surface area contributed by atoms with E-state index in [4.69, 9.17) is 0 Å². The van der Waals surface area contributed by atoms with Gasteiger partial charge in [-0.1, -0.05) is 48.5 Å². The number of Topliss-reactive ketones (excluding diaryl/α,β-unsaturated/α-hetero) is 1. The molecule has 2 heterocycles. The zero-order chi connectivity index (χ0) is 20.8. The van der Waals surface area contributed by atoms with Crippen molar-refractivity contribution in [3.05, 3.63) is 77.1 Å². The van der Waals surface area contributed by atoms with E-state index in [-0.39, 0.29) is 29.1 Å². The zero-order valence-corrected chi connectivity index (χ0v) is 16.1. The predicted molar refractivity (Wildman–Crippen MR) is 104 cm³/mol. The summed E-state index contributed by atoms with van der Waals surface area (Å²) in [6.07, 6.45) is 0.158. The minimum Gasteiger partial charge on any atom is -0.507 e. The summed E-state index contributed by atoms with van der Waals surface area (Å²) in [6.45, 7) is 0. The molecule has 2 aromatic carbocycles. The molecule has 0 radical (unpaired) electrons. The molecule has 2 atom stereocenters. The number of hydrogen-bond acceptors (Lipinski definition) is 5. The summed E-state index contributed by atoms with van der Waals surface area (Å²) in [4.78, 5) is 26.8. The van der Waals surface area contributed by atoms with Gasteiger partial charge in [0.05, 0.1) is 23.1 Å². The van der Waals surface area contributed by atoms with Crippen molar-refractivity contribution >= 4 is 27.3 Å². The molecular weight excluding hydrogens is 397 g/mol. The Bertz CT molecular complexity index is 1130. The standard InChI is InChI=1S/C21H18FNO5S/c22-16-9-5-4-8-15(16)18-17(19(24)13-6-2-1-3-7-13)20(25)21(26)23(18)14-10-11-29(27,28)12-14/h1-9,14,18,24H,10-12H2/b19-17-. The summed E-state index contributed by atoms with van der Waals surface area (Å²) in [7, 11) is -3.36. The number of sulfone groups is 1. The fourth-order valence-electron chi connectivity index (χ4n) is 3.98. The first-order chi connectivity index (χ1) is 13.8. The van der Waals surface area contributed by atoms with Crippen LogP contribution in [0.3, 0.4) is 0 Å². The molecule has 29 heavy (non-hydrogen) atoms. The molecule has 2 aromatic rings. The maximum absolute atomic E-state index is 14.7. The largest absolute Gasteiger partial charge is 0.507 e. The Morgan fingerprint density at radius 2 is 1.69 bits per heavy atom. The Morgan fingerprint density at radius 3 is 2.31 bits per heavy atom. The van der Waals surface area contributed by atoms with E-state index in [2.05, 4.69) is 0 Å². The molecule has 2 aliphatic rings. The SMILES string of the molecule is O=C1C(=O)N(C2CCS(=O)(=O)C2)C(c2ccccc2F)/C1=C(/O)c1ccccc1. The van der Waals surface area contributed by atoms with Gasteiger partial charge in [0, 0.05) is 17.2 Å². The van der Waals surface area contributed by atoms with E-state index in [1.807, 2.05) is 0 Å². The van der Waals surface area contributed by atoms with E-state index in [0.717, 1.165) is 4.90 Å². The van der Waals surface area contributed by atoms with Crippen molar-refractivity contribution in [2.75, 3.05) is 11.5 Å². The number of ketones is 1. The third-order valence-corrected chi connectivity index (χ3v) is 7.08. The molecule has 0 aromatic heterocycles.